The second-order valence-electron chi connectivity index (χ2n) is 12.6. The molecule has 44 heavy (non-hydrogen) atoms. The minimum atomic E-state index is -0.450. The average molecular weight is 618 g/mol. The van der Waals surface area contributed by atoms with Crippen molar-refractivity contribution in [3.05, 3.63) is 87.8 Å². The fourth-order valence-corrected chi connectivity index (χ4v) is 7.38. The van der Waals surface area contributed by atoms with Gasteiger partial charge in [-0.3, -0.25) is 14.3 Å². The normalized spacial score (nSPS) is 18.3. The fourth-order valence-electron chi connectivity index (χ4n) is 7.25. The molecule has 0 radical (unpaired) electrons. The van der Waals surface area contributed by atoms with Crippen LogP contribution in [0.15, 0.2) is 70.4 Å². The van der Waals surface area contributed by atoms with E-state index < -0.39 is 5.91 Å². The number of phenolic OH excluding ortho intramolecular Hbond substituents is 1. The molecule has 2 aliphatic rings. The van der Waals surface area contributed by atoms with Crippen LogP contribution < -0.4 is 10.7 Å². The van der Waals surface area contributed by atoms with Gasteiger partial charge in [0.25, 0.3) is 5.91 Å². The Morgan fingerprint density at radius 3 is 2.59 bits per heavy atom. The third kappa shape index (κ3) is 7.16. The number of carbonyl (C=O) groups excluding carboxylic acids is 1. The van der Waals surface area contributed by atoms with Crippen LogP contribution in [0.1, 0.15) is 67.5 Å². The molecule has 1 aliphatic carbocycles. The number of phenols is 1. The summed E-state index contributed by atoms with van der Waals surface area (Å²) in [7, 11) is 0. The van der Waals surface area contributed by atoms with E-state index in [2.05, 4.69) is 20.3 Å². The summed E-state index contributed by atoms with van der Waals surface area (Å²) in [4.78, 5) is 32.8. The summed E-state index contributed by atoms with van der Waals surface area (Å²) < 4.78 is 7.78. The molecule has 10 heteroatoms. The number of benzene rings is 2. The van der Waals surface area contributed by atoms with Gasteiger partial charge in [0.2, 0.25) is 0 Å². The zero-order valence-corrected chi connectivity index (χ0v) is 25.7. The molecule has 3 heterocycles. The maximum absolute atomic E-state index is 13.4. The van der Waals surface area contributed by atoms with Crippen molar-refractivity contribution in [2.45, 2.75) is 70.4 Å². The highest BCUT2D eigenvalue weighted by atomic mass is 35.5. The third-order valence-corrected chi connectivity index (χ3v) is 9.98. The van der Waals surface area contributed by atoms with Gasteiger partial charge in [-0.2, -0.15) is 5.10 Å². The number of piperidine rings is 1. The Labute approximate surface area is 262 Å². The molecule has 2 aromatic heterocycles. The molecule has 1 saturated heterocycles. The van der Waals surface area contributed by atoms with E-state index in [0.29, 0.717) is 16.8 Å². The number of fused-ring (bicyclic) bond motifs is 1. The standard InChI is InChI=1S/C34H40ClN5O4/c35-26-8-6-24(7-9-26)18-27(38-33(43)32-20-30(42)29-11-10-28(41)19-31(29)44-32)12-15-39-16-13-34(14-17-39,21-40-23-36-22-37-40)25-4-2-1-3-5-25/h6-11,19-20,22-23,25,27,41H,1-5,12-18,21H2,(H,38,43)/t27-/m1/s1. The van der Waals surface area contributed by atoms with Crippen LogP contribution >= 0.6 is 11.6 Å². The van der Waals surface area contributed by atoms with Crippen LogP contribution in [0.5, 0.6) is 5.75 Å². The molecule has 2 fully saturated rings. The minimum Gasteiger partial charge on any atom is -0.508 e. The number of hydrogen-bond donors (Lipinski definition) is 2. The molecule has 2 N–H and O–H groups in total. The summed E-state index contributed by atoms with van der Waals surface area (Å²) in [6.07, 6.45) is 13.7. The van der Waals surface area contributed by atoms with Gasteiger partial charge in [0.05, 0.1) is 5.39 Å². The number of likely N-dealkylation sites (tertiary alicyclic amines) is 1. The first-order valence-corrected chi connectivity index (χ1v) is 16.1. The van der Waals surface area contributed by atoms with E-state index in [4.69, 9.17) is 16.0 Å². The zero-order valence-electron chi connectivity index (χ0n) is 25.0. The van der Waals surface area contributed by atoms with Crippen LogP contribution in [0, 0.1) is 11.3 Å². The Balaban J connectivity index is 1.14. The first-order valence-electron chi connectivity index (χ1n) is 15.7. The Morgan fingerprint density at radius 2 is 1.86 bits per heavy atom. The lowest BCUT2D eigenvalue weighted by Gasteiger charge is -2.48. The highest BCUT2D eigenvalue weighted by Crippen LogP contribution is 2.47. The third-order valence-electron chi connectivity index (χ3n) is 9.73. The molecule has 6 rings (SSSR count). The second-order valence-corrected chi connectivity index (χ2v) is 13.0. The van der Waals surface area contributed by atoms with Crippen molar-refractivity contribution < 1.29 is 14.3 Å². The first-order chi connectivity index (χ1) is 21.4. The summed E-state index contributed by atoms with van der Waals surface area (Å²) in [5.41, 5.74) is 1.15. The number of nitrogens with zero attached hydrogens (tertiary/aromatic N) is 4. The summed E-state index contributed by atoms with van der Waals surface area (Å²) in [5, 5.41) is 18.4. The summed E-state index contributed by atoms with van der Waals surface area (Å²) >= 11 is 6.13. The van der Waals surface area contributed by atoms with Gasteiger partial charge < -0.3 is 19.7 Å². The molecule has 0 bridgehead atoms. The average Bonchev–Trinajstić information content (AvgIpc) is 3.54. The van der Waals surface area contributed by atoms with Crippen molar-refractivity contribution in [2.24, 2.45) is 11.3 Å². The summed E-state index contributed by atoms with van der Waals surface area (Å²) in [6, 6.07) is 13.0. The monoisotopic (exact) mass is 617 g/mol. The van der Waals surface area contributed by atoms with Crippen molar-refractivity contribution in [3.8, 4) is 5.75 Å². The summed E-state index contributed by atoms with van der Waals surface area (Å²) in [6.45, 7) is 3.79. The van der Waals surface area contributed by atoms with Crippen LogP contribution in [0.3, 0.4) is 0 Å². The van der Waals surface area contributed by atoms with Crippen molar-refractivity contribution in [1.29, 1.82) is 0 Å². The van der Waals surface area contributed by atoms with Crippen LogP contribution in [0.4, 0.5) is 0 Å². The van der Waals surface area contributed by atoms with E-state index >= 15 is 0 Å². The number of nitrogens with one attached hydrogen (secondary N) is 1. The maximum atomic E-state index is 13.4. The number of hydrogen-bond acceptors (Lipinski definition) is 7. The zero-order chi connectivity index (χ0) is 30.5. The van der Waals surface area contributed by atoms with Crippen LogP contribution in [-0.4, -0.2) is 56.4 Å². The number of carbonyl (C=O) groups is 1. The fraction of sp³-hybridized carbons (Fsp3) is 0.471. The highest BCUT2D eigenvalue weighted by Gasteiger charge is 2.42. The SMILES string of the molecule is O=C(N[C@H](CCN1CCC(Cn2cncn2)(C2CCCCC2)CC1)Cc1ccc(Cl)cc1)c1cc(=O)c2ccc(O)cc2o1. The van der Waals surface area contributed by atoms with E-state index in [1.165, 1.54) is 56.4 Å². The van der Waals surface area contributed by atoms with Gasteiger partial charge in [-0.15, -0.1) is 0 Å². The molecular weight excluding hydrogens is 578 g/mol. The van der Waals surface area contributed by atoms with Crippen molar-refractivity contribution >= 4 is 28.5 Å². The van der Waals surface area contributed by atoms with Gasteiger partial charge in [-0.1, -0.05) is 43.0 Å². The smallest absolute Gasteiger partial charge is 0.287 e. The number of amides is 1. The van der Waals surface area contributed by atoms with Crippen LogP contribution in [-0.2, 0) is 13.0 Å². The van der Waals surface area contributed by atoms with E-state index in [1.807, 2.05) is 35.3 Å². The lowest BCUT2D eigenvalue weighted by atomic mass is 9.63. The largest absolute Gasteiger partial charge is 0.508 e. The molecule has 2 aromatic carbocycles. The minimum absolute atomic E-state index is 0.0332. The number of aromatic hydroxyl groups is 1. The quantitative estimate of drug-likeness (QED) is 0.230. The van der Waals surface area contributed by atoms with Crippen molar-refractivity contribution in [1.82, 2.24) is 25.0 Å². The lowest BCUT2D eigenvalue weighted by molar-refractivity contribution is 0.0104. The van der Waals surface area contributed by atoms with Gasteiger partial charge in [0, 0.05) is 36.3 Å². The molecule has 4 aromatic rings. The number of aromatic nitrogens is 3. The number of rotatable bonds is 10. The van der Waals surface area contributed by atoms with Gasteiger partial charge in [-0.25, -0.2) is 4.98 Å². The molecule has 1 aliphatic heterocycles. The van der Waals surface area contributed by atoms with Gasteiger partial charge in [-0.05, 0) is 92.8 Å². The molecule has 1 atom stereocenters. The maximum Gasteiger partial charge on any atom is 0.287 e. The highest BCUT2D eigenvalue weighted by molar-refractivity contribution is 6.30. The van der Waals surface area contributed by atoms with Crippen LogP contribution in [0.2, 0.25) is 5.02 Å². The summed E-state index contributed by atoms with van der Waals surface area (Å²) in [5.74, 6) is 0.166. The molecule has 232 valence electrons. The predicted octanol–water partition coefficient (Wildman–Crippen LogP) is 5.84. The van der Waals surface area contributed by atoms with E-state index in [1.54, 1.807) is 6.33 Å². The van der Waals surface area contributed by atoms with E-state index in [-0.39, 0.29) is 34.0 Å². The van der Waals surface area contributed by atoms with Crippen LogP contribution in [0.25, 0.3) is 11.0 Å². The van der Waals surface area contributed by atoms with Crippen molar-refractivity contribution in [3.63, 3.8) is 0 Å². The second kappa shape index (κ2) is 13.5. The molecule has 9 nitrogen and oxygen atoms in total. The van der Waals surface area contributed by atoms with Gasteiger partial charge in [0.15, 0.2) is 11.2 Å². The molecule has 1 amide bonds. The van der Waals surface area contributed by atoms with Gasteiger partial charge >= 0.3 is 0 Å². The molecule has 0 unspecified atom stereocenters. The topological polar surface area (TPSA) is 113 Å². The Morgan fingerprint density at radius 1 is 1.09 bits per heavy atom. The Kier molecular flexibility index (Phi) is 9.33. The molecule has 1 saturated carbocycles. The van der Waals surface area contributed by atoms with E-state index in [9.17, 15) is 14.7 Å². The number of halogens is 1. The Bertz CT molecular complexity index is 1610. The van der Waals surface area contributed by atoms with Gasteiger partial charge in [0.1, 0.15) is 24.0 Å². The predicted molar refractivity (Wildman–Crippen MR) is 170 cm³/mol. The van der Waals surface area contributed by atoms with E-state index in [0.717, 1.165) is 56.9 Å². The lowest BCUT2D eigenvalue weighted by Crippen LogP contribution is -2.48. The molecule has 0 spiro atoms. The molecular formula is C34H40ClN5O4. The Hall–Kier alpha value is -3.69. The van der Waals surface area contributed by atoms with Crippen molar-refractivity contribution in [2.75, 3.05) is 19.6 Å². The first kappa shape index (κ1) is 30.3.